The first kappa shape index (κ1) is 57.3. The van der Waals surface area contributed by atoms with Crippen LogP contribution in [0.1, 0.15) is 259 Å². The Balaban J connectivity index is 2.21. The number of nitrogens with zero attached hydrogens (tertiary/aromatic N) is 2. The van der Waals surface area contributed by atoms with Crippen LogP contribution in [0.2, 0.25) is 0 Å². The van der Waals surface area contributed by atoms with Crippen molar-refractivity contribution in [3.05, 3.63) is 0 Å². The summed E-state index contributed by atoms with van der Waals surface area (Å²) >= 11 is 0. The van der Waals surface area contributed by atoms with Gasteiger partial charge in [0.2, 0.25) is 0 Å². The van der Waals surface area contributed by atoms with Crippen LogP contribution in [-0.4, -0.2) is 88.1 Å². The molecule has 6 heteroatoms. The summed E-state index contributed by atoms with van der Waals surface area (Å²) in [6, 6.07) is 0. The summed E-state index contributed by atoms with van der Waals surface area (Å²) in [5.74, 6) is 1.45. The minimum absolute atomic E-state index is 0.0424. The average Bonchev–Trinajstić information content (AvgIpc) is 3.24. The van der Waals surface area contributed by atoms with Crippen LogP contribution in [0.15, 0.2) is 0 Å². The molecule has 1 fully saturated rings. The zero-order chi connectivity index (χ0) is 43.4. The second-order valence-corrected chi connectivity index (χ2v) is 19.4. The molecule has 1 atom stereocenters. The molecule has 0 spiro atoms. The third-order valence-corrected chi connectivity index (χ3v) is 13.6. The lowest BCUT2D eigenvalue weighted by Gasteiger charge is -2.32. The van der Waals surface area contributed by atoms with Gasteiger partial charge in [0.25, 0.3) is 0 Å². The van der Waals surface area contributed by atoms with E-state index >= 15 is 0 Å². The molecule has 0 aromatic carbocycles. The number of rotatable bonds is 47. The van der Waals surface area contributed by atoms with Crippen LogP contribution in [0.4, 0.5) is 0 Å². The van der Waals surface area contributed by atoms with Gasteiger partial charge in [-0.05, 0) is 83.2 Å². The topological polar surface area (TPSA) is 51.2 Å². The molecule has 358 valence electrons. The Labute approximate surface area is 376 Å². The molecule has 1 aliphatic rings. The summed E-state index contributed by atoms with van der Waals surface area (Å²) in [5, 5.41) is 0. The van der Waals surface area contributed by atoms with Crippen molar-refractivity contribution in [3.63, 3.8) is 0 Å². The molecule has 1 rings (SSSR count). The quantitative estimate of drug-likeness (QED) is 0.0449. The second kappa shape index (κ2) is 44.9. The van der Waals surface area contributed by atoms with Crippen LogP contribution in [0.3, 0.4) is 0 Å². The number of unbranched alkanes of at least 4 members (excludes halogenated alkanes) is 21. The van der Waals surface area contributed by atoms with Crippen molar-refractivity contribution in [3.8, 4) is 0 Å². The van der Waals surface area contributed by atoms with E-state index in [1.54, 1.807) is 0 Å². The van der Waals surface area contributed by atoms with Crippen LogP contribution in [0.25, 0.3) is 0 Å². The highest BCUT2D eigenvalue weighted by Gasteiger charge is 2.16. The molecule has 60 heavy (non-hydrogen) atoms. The van der Waals surface area contributed by atoms with Crippen molar-refractivity contribution in [2.75, 3.05) is 66.2 Å². The van der Waals surface area contributed by atoms with Crippen molar-refractivity contribution in [2.45, 2.75) is 265 Å². The third-order valence-electron chi connectivity index (χ3n) is 13.6. The fraction of sp³-hybridized carbons (Fsp3) is 0.981. The Bertz CT molecular complexity index is 845. The van der Waals surface area contributed by atoms with Crippen LogP contribution >= 0.6 is 0 Å². The third kappa shape index (κ3) is 37.8. The Morgan fingerprint density at radius 2 is 0.867 bits per heavy atom. The van der Waals surface area contributed by atoms with Gasteiger partial charge < -0.3 is 24.0 Å². The summed E-state index contributed by atoms with van der Waals surface area (Å²) in [6.45, 7) is 18.7. The molecule has 0 radical (unpaired) electrons. The maximum Gasteiger partial charge on any atom is 0.306 e. The maximum atomic E-state index is 12.6. The SMILES string of the molecule is CCCCCC(CCCCC)CCOCCCCCCCCCC(CCCCCCCCCOC(=O)CC(CCCCC)CCCCC)OCCCCN1CCN(C)CC1. The summed E-state index contributed by atoms with van der Waals surface area (Å²) < 4.78 is 18.4. The Morgan fingerprint density at radius 3 is 1.38 bits per heavy atom. The fourth-order valence-corrected chi connectivity index (χ4v) is 9.23. The molecule has 1 saturated heterocycles. The number of carbonyl (C=O) groups is 1. The second-order valence-electron chi connectivity index (χ2n) is 19.4. The molecule has 0 bridgehead atoms. The van der Waals surface area contributed by atoms with E-state index < -0.39 is 0 Å². The highest BCUT2D eigenvalue weighted by molar-refractivity contribution is 5.69. The first-order valence-electron chi connectivity index (χ1n) is 27.3. The van der Waals surface area contributed by atoms with Gasteiger partial charge in [0.1, 0.15) is 0 Å². The lowest BCUT2D eigenvalue weighted by atomic mass is 9.92. The fourth-order valence-electron chi connectivity index (χ4n) is 9.23. The molecule has 0 aliphatic carbocycles. The lowest BCUT2D eigenvalue weighted by Crippen LogP contribution is -2.44. The van der Waals surface area contributed by atoms with Crippen molar-refractivity contribution >= 4 is 5.97 Å². The van der Waals surface area contributed by atoms with Gasteiger partial charge in [-0.15, -0.1) is 0 Å². The molecule has 1 aliphatic heterocycles. The van der Waals surface area contributed by atoms with Crippen LogP contribution in [-0.2, 0) is 19.0 Å². The number of likely N-dealkylation sites (N-methyl/N-ethyl adjacent to an activating group) is 1. The van der Waals surface area contributed by atoms with Crippen molar-refractivity contribution < 1.29 is 19.0 Å². The Kier molecular flexibility index (Phi) is 42.9. The molecule has 0 saturated carbocycles. The van der Waals surface area contributed by atoms with Crippen LogP contribution in [0, 0.1) is 11.8 Å². The Hall–Kier alpha value is -0.690. The zero-order valence-corrected chi connectivity index (χ0v) is 41.6. The number of hydrogen-bond acceptors (Lipinski definition) is 6. The maximum absolute atomic E-state index is 12.6. The zero-order valence-electron chi connectivity index (χ0n) is 41.6. The number of carbonyl (C=O) groups excluding carboxylic acids is 1. The van der Waals surface area contributed by atoms with E-state index in [4.69, 9.17) is 14.2 Å². The highest BCUT2D eigenvalue weighted by Crippen LogP contribution is 2.23. The predicted molar refractivity (Wildman–Crippen MR) is 261 cm³/mol. The molecule has 0 aromatic heterocycles. The van der Waals surface area contributed by atoms with Gasteiger partial charge in [0.15, 0.2) is 0 Å². The van der Waals surface area contributed by atoms with Crippen molar-refractivity contribution in [1.29, 1.82) is 0 Å². The normalized spacial score (nSPS) is 14.5. The standard InChI is InChI=1S/C54H108N2O4/c1-6-10-24-34-51(35-25-11-7-2)40-49-58-46-31-22-18-14-16-20-28-38-53(59-47-33-30-41-56-44-42-55(5)43-45-56)39-29-21-17-15-19-23-32-48-60-54(57)50-52(36-26-12-8-3)37-27-13-9-4/h51-53H,6-50H2,1-5H3. The molecular weight excluding hydrogens is 741 g/mol. The van der Waals surface area contributed by atoms with Gasteiger partial charge in [-0.2, -0.15) is 0 Å². The molecule has 0 aromatic rings. The molecule has 6 nitrogen and oxygen atoms in total. The Morgan fingerprint density at radius 1 is 0.433 bits per heavy atom. The van der Waals surface area contributed by atoms with Gasteiger partial charge in [-0.25, -0.2) is 0 Å². The summed E-state index contributed by atoms with van der Waals surface area (Å²) in [5.41, 5.74) is 0. The van der Waals surface area contributed by atoms with E-state index in [1.807, 2.05) is 0 Å². The summed E-state index contributed by atoms with van der Waals surface area (Å²) in [6.07, 6.45) is 46.3. The van der Waals surface area contributed by atoms with Gasteiger partial charge >= 0.3 is 5.97 Å². The van der Waals surface area contributed by atoms with Gasteiger partial charge in [-0.1, -0.05) is 195 Å². The molecule has 1 heterocycles. The first-order chi connectivity index (χ1) is 29.5. The summed E-state index contributed by atoms with van der Waals surface area (Å²) in [4.78, 5) is 17.6. The van der Waals surface area contributed by atoms with E-state index in [1.165, 1.54) is 251 Å². The average molecular weight is 849 g/mol. The van der Waals surface area contributed by atoms with Crippen molar-refractivity contribution in [1.82, 2.24) is 9.80 Å². The van der Waals surface area contributed by atoms with Crippen molar-refractivity contribution in [2.24, 2.45) is 11.8 Å². The van der Waals surface area contributed by atoms with E-state index in [0.29, 0.717) is 25.0 Å². The van der Waals surface area contributed by atoms with E-state index in [2.05, 4.69) is 44.5 Å². The molecular formula is C54H108N2O4. The predicted octanol–water partition coefficient (Wildman–Crippen LogP) is 15.5. The lowest BCUT2D eigenvalue weighted by molar-refractivity contribution is -0.145. The van der Waals surface area contributed by atoms with Gasteiger partial charge in [-0.3, -0.25) is 4.79 Å². The minimum Gasteiger partial charge on any atom is -0.466 e. The smallest absolute Gasteiger partial charge is 0.306 e. The van der Waals surface area contributed by atoms with E-state index in [-0.39, 0.29) is 5.97 Å². The molecule has 0 amide bonds. The monoisotopic (exact) mass is 849 g/mol. The number of hydrogen-bond donors (Lipinski definition) is 0. The minimum atomic E-state index is 0.0424. The van der Waals surface area contributed by atoms with E-state index in [0.717, 1.165) is 32.2 Å². The largest absolute Gasteiger partial charge is 0.466 e. The van der Waals surface area contributed by atoms with Gasteiger partial charge in [0.05, 0.1) is 12.7 Å². The first-order valence-corrected chi connectivity index (χ1v) is 27.3. The summed E-state index contributed by atoms with van der Waals surface area (Å²) in [7, 11) is 2.24. The van der Waals surface area contributed by atoms with Crippen LogP contribution in [0.5, 0.6) is 0 Å². The molecule has 1 unspecified atom stereocenters. The number of ether oxygens (including phenoxy) is 3. The number of piperazine rings is 1. The molecule has 0 N–H and O–H groups in total. The highest BCUT2D eigenvalue weighted by atomic mass is 16.5. The van der Waals surface area contributed by atoms with Crippen LogP contribution < -0.4 is 0 Å². The van der Waals surface area contributed by atoms with Gasteiger partial charge in [0, 0.05) is 52.4 Å². The van der Waals surface area contributed by atoms with E-state index in [9.17, 15) is 4.79 Å². The number of esters is 1.